The van der Waals surface area contributed by atoms with Crippen LogP contribution in [0.1, 0.15) is 12.5 Å². The second kappa shape index (κ2) is 12.1. The van der Waals surface area contributed by atoms with Crippen LogP contribution in [-0.2, 0) is 14.4 Å². The van der Waals surface area contributed by atoms with Crippen molar-refractivity contribution < 1.29 is 23.9 Å². The minimum absolute atomic E-state index is 0.0183. The number of thiocarbonyl (C=S) groups is 1. The van der Waals surface area contributed by atoms with Crippen molar-refractivity contribution in [3.05, 3.63) is 87.9 Å². The molecule has 4 rings (SSSR count). The van der Waals surface area contributed by atoms with Crippen LogP contribution < -0.4 is 25.0 Å². The average molecular weight is 570 g/mol. The second-order valence-corrected chi connectivity index (χ2v) is 9.07. The molecule has 1 aliphatic heterocycles. The van der Waals surface area contributed by atoms with E-state index in [1.807, 2.05) is 0 Å². The summed E-state index contributed by atoms with van der Waals surface area (Å²) >= 11 is 17.8. The number of hydrogen-bond donors (Lipinski definition) is 2. The Hall–Kier alpha value is -3.92. The number of para-hydroxylation sites is 2. The molecule has 11 heteroatoms. The monoisotopic (exact) mass is 569 g/mol. The van der Waals surface area contributed by atoms with Gasteiger partial charge in [0.1, 0.15) is 5.57 Å². The first-order valence-electron chi connectivity index (χ1n) is 11.4. The van der Waals surface area contributed by atoms with Crippen molar-refractivity contribution in [1.82, 2.24) is 5.32 Å². The van der Waals surface area contributed by atoms with Gasteiger partial charge in [-0.1, -0.05) is 53.5 Å². The highest BCUT2D eigenvalue weighted by Gasteiger charge is 2.34. The van der Waals surface area contributed by atoms with Gasteiger partial charge in [-0.2, -0.15) is 0 Å². The van der Waals surface area contributed by atoms with Crippen LogP contribution in [0.3, 0.4) is 0 Å². The van der Waals surface area contributed by atoms with Crippen molar-refractivity contribution in [1.29, 1.82) is 0 Å². The zero-order valence-corrected chi connectivity index (χ0v) is 22.3. The lowest BCUT2D eigenvalue weighted by Gasteiger charge is -2.28. The predicted molar refractivity (Wildman–Crippen MR) is 151 cm³/mol. The molecule has 38 heavy (non-hydrogen) atoms. The highest BCUT2D eigenvalue weighted by Crippen LogP contribution is 2.37. The molecule has 8 nitrogen and oxygen atoms in total. The Bertz CT molecular complexity index is 1450. The lowest BCUT2D eigenvalue weighted by molar-refractivity contribution is -0.122. The first-order chi connectivity index (χ1) is 18.3. The van der Waals surface area contributed by atoms with E-state index >= 15 is 0 Å². The van der Waals surface area contributed by atoms with Gasteiger partial charge in [-0.25, -0.2) is 0 Å². The first kappa shape index (κ1) is 27.1. The van der Waals surface area contributed by atoms with Gasteiger partial charge in [0.15, 0.2) is 23.2 Å². The third kappa shape index (κ3) is 6.13. The summed E-state index contributed by atoms with van der Waals surface area (Å²) in [7, 11) is 0. The van der Waals surface area contributed by atoms with Crippen LogP contribution in [0.15, 0.2) is 72.3 Å². The standard InChI is InChI=1S/C27H21Cl2N3O5S/c1-2-36-22-14-16(12-18-25(34)31-27(38)32(26(18)35)17-8-4-3-5-9-17)13-20(29)24(22)37-15-23(33)30-21-11-7-6-10-19(21)28/h3-14H,2,15H2,1H3,(H,30,33)(H,31,34,38)/b18-12-. The van der Waals surface area contributed by atoms with Crippen LogP contribution >= 0.6 is 35.4 Å². The summed E-state index contributed by atoms with van der Waals surface area (Å²) in [4.78, 5) is 39.5. The normalized spacial score (nSPS) is 14.3. The average Bonchev–Trinajstić information content (AvgIpc) is 2.88. The van der Waals surface area contributed by atoms with Crippen LogP contribution in [0.2, 0.25) is 10.0 Å². The van der Waals surface area contributed by atoms with Gasteiger partial charge in [0.2, 0.25) is 0 Å². The smallest absolute Gasteiger partial charge is 0.270 e. The molecular weight excluding hydrogens is 549 g/mol. The van der Waals surface area contributed by atoms with Gasteiger partial charge in [0.05, 0.1) is 28.0 Å². The van der Waals surface area contributed by atoms with Crippen LogP contribution in [0.25, 0.3) is 6.08 Å². The summed E-state index contributed by atoms with van der Waals surface area (Å²) in [6.45, 7) is 1.67. The van der Waals surface area contributed by atoms with Crippen LogP contribution in [0, 0.1) is 0 Å². The summed E-state index contributed by atoms with van der Waals surface area (Å²) in [6.07, 6.45) is 1.39. The molecular formula is C27H21Cl2N3O5S. The largest absolute Gasteiger partial charge is 0.490 e. The van der Waals surface area contributed by atoms with Gasteiger partial charge in [-0.3, -0.25) is 24.6 Å². The van der Waals surface area contributed by atoms with E-state index in [2.05, 4.69) is 10.6 Å². The molecule has 0 spiro atoms. The van der Waals surface area contributed by atoms with Crippen LogP contribution in [-0.4, -0.2) is 36.0 Å². The summed E-state index contributed by atoms with van der Waals surface area (Å²) in [6, 6.07) is 18.6. The summed E-state index contributed by atoms with van der Waals surface area (Å²) < 4.78 is 11.3. The molecule has 1 heterocycles. The van der Waals surface area contributed by atoms with Crippen LogP contribution in [0.5, 0.6) is 11.5 Å². The van der Waals surface area contributed by atoms with E-state index in [-0.39, 0.29) is 40.4 Å². The maximum atomic E-state index is 13.2. The fourth-order valence-corrected chi connectivity index (χ4v) is 4.33. The van der Waals surface area contributed by atoms with Gasteiger partial charge in [0, 0.05) is 0 Å². The topological polar surface area (TPSA) is 97.0 Å². The number of nitrogens with zero attached hydrogens (tertiary/aromatic N) is 1. The molecule has 0 aromatic heterocycles. The molecule has 1 aliphatic rings. The second-order valence-electron chi connectivity index (χ2n) is 7.87. The molecule has 194 valence electrons. The van der Waals surface area contributed by atoms with Crippen LogP contribution in [0.4, 0.5) is 11.4 Å². The van der Waals surface area contributed by atoms with Gasteiger partial charge < -0.3 is 14.8 Å². The van der Waals surface area contributed by atoms with Crippen molar-refractivity contribution in [2.75, 3.05) is 23.4 Å². The number of carbonyl (C=O) groups excluding carboxylic acids is 3. The summed E-state index contributed by atoms with van der Waals surface area (Å²) in [5, 5.41) is 5.69. The quantitative estimate of drug-likeness (QED) is 0.219. The molecule has 1 saturated heterocycles. The molecule has 0 aliphatic carbocycles. The molecule has 0 unspecified atom stereocenters. The molecule has 3 aromatic carbocycles. The molecule has 3 amide bonds. The van der Waals surface area contributed by atoms with Gasteiger partial charge >= 0.3 is 0 Å². The zero-order valence-electron chi connectivity index (χ0n) is 20.0. The third-order valence-corrected chi connectivity index (χ3v) is 6.15. The van der Waals surface area contributed by atoms with Gasteiger partial charge in [-0.15, -0.1) is 0 Å². The number of rotatable bonds is 8. The van der Waals surface area contributed by atoms with Gasteiger partial charge in [0.25, 0.3) is 17.7 Å². The Morgan fingerprint density at radius 2 is 1.74 bits per heavy atom. The minimum Gasteiger partial charge on any atom is -0.490 e. The van der Waals surface area contributed by atoms with Crippen molar-refractivity contribution in [3.63, 3.8) is 0 Å². The molecule has 0 saturated carbocycles. The Balaban J connectivity index is 1.58. The van der Waals surface area contributed by atoms with Crippen molar-refractivity contribution >= 4 is 75.7 Å². The molecule has 0 bridgehead atoms. The number of anilines is 2. The molecule has 0 atom stereocenters. The maximum absolute atomic E-state index is 13.2. The number of benzene rings is 3. The highest BCUT2D eigenvalue weighted by atomic mass is 35.5. The number of halogens is 2. The fourth-order valence-electron chi connectivity index (χ4n) is 3.60. The molecule has 3 aromatic rings. The lowest BCUT2D eigenvalue weighted by atomic mass is 10.1. The molecule has 0 radical (unpaired) electrons. The summed E-state index contributed by atoms with van der Waals surface area (Å²) in [5.41, 5.74) is 1.22. The van der Waals surface area contributed by atoms with Gasteiger partial charge in [-0.05, 0) is 67.2 Å². The summed E-state index contributed by atoms with van der Waals surface area (Å²) in [5.74, 6) is -1.31. The molecule has 1 fully saturated rings. The number of hydrogen-bond acceptors (Lipinski definition) is 6. The predicted octanol–water partition coefficient (Wildman–Crippen LogP) is 5.24. The van der Waals surface area contributed by atoms with Crippen molar-refractivity contribution in [3.8, 4) is 11.5 Å². The Morgan fingerprint density at radius 1 is 1.03 bits per heavy atom. The number of amides is 3. The SMILES string of the molecule is CCOc1cc(/C=C2/C(=O)NC(=S)N(c3ccccc3)C2=O)cc(Cl)c1OCC(=O)Nc1ccccc1Cl. The molecule has 2 N–H and O–H groups in total. The van der Waals surface area contributed by atoms with Crippen molar-refractivity contribution in [2.45, 2.75) is 6.92 Å². The lowest BCUT2D eigenvalue weighted by Crippen LogP contribution is -2.54. The third-order valence-electron chi connectivity index (χ3n) is 5.25. The van der Waals surface area contributed by atoms with E-state index in [1.165, 1.54) is 17.0 Å². The minimum atomic E-state index is -0.641. The number of carbonyl (C=O) groups is 3. The van der Waals surface area contributed by atoms with E-state index in [9.17, 15) is 14.4 Å². The van der Waals surface area contributed by atoms with Crippen molar-refractivity contribution in [2.24, 2.45) is 0 Å². The van der Waals surface area contributed by atoms with E-state index < -0.39 is 17.7 Å². The number of ether oxygens (including phenoxy) is 2. The van der Waals surface area contributed by atoms with E-state index in [0.29, 0.717) is 22.0 Å². The Morgan fingerprint density at radius 3 is 2.45 bits per heavy atom. The van der Waals surface area contributed by atoms with E-state index in [0.717, 1.165) is 0 Å². The zero-order chi connectivity index (χ0) is 27.2. The number of nitrogens with one attached hydrogen (secondary N) is 2. The Labute approximate surface area is 234 Å². The fraction of sp³-hybridized carbons (Fsp3) is 0.111. The Kier molecular flexibility index (Phi) is 8.62. The van der Waals surface area contributed by atoms with E-state index in [1.54, 1.807) is 67.6 Å². The first-order valence-corrected chi connectivity index (χ1v) is 12.5. The maximum Gasteiger partial charge on any atom is 0.270 e. The highest BCUT2D eigenvalue weighted by molar-refractivity contribution is 7.80. The van der Waals surface area contributed by atoms with E-state index in [4.69, 9.17) is 44.9 Å².